The van der Waals surface area contributed by atoms with Crippen molar-refractivity contribution in [1.29, 1.82) is 0 Å². The molecule has 1 aliphatic carbocycles. The lowest BCUT2D eigenvalue weighted by molar-refractivity contribution is -0.129. The van der Waals surface area contributed by atoms with Crippen LogP contribution < -0.4 is 10.6 Å². The largest absolute Gasteiger partial charge is 0.469 e. The van der Waals surface area contributed by atoms with Crippen molar-refractivity contribution in [3.8, 4) is 0 Å². The van der Waals surface area contributed by atoms with Gasteiger partial charge in [0.05, 0.1) is 18.4 Å². The van der Waals surface area contributed by atoms with Gasteiger partial charge in [0.2, 0.25) is 5.91 Å². The van der Waals surface area contributed by atoms with Gasteiger partial charge in [-0.25, -0.2) is 0 Å². The Hall–Kier alpha value is -1.33. The standard InChI is InChI=1S/C15H22N2O3/c18-15(10-20-11-4-7-16-8-5-11)17-13-2-1-3-14-12(13)6-9-19-14/h6,9,11,13,16H,1-5,7-8,10H2,(H,17,18). The normalized spacial score (nSPS) is 23.3. The van der Waals surface area contributed by atoms with E-state index < -0.39 is 0 Å². The fourth-order valence-corrected chi connectivity index (χ4v) is 3.03. The Bertz CT molecular complexity index is 452. The van der Waals surface area contributed by atoms with Crippen molar-refractivity contribution in [3.05, 3.63) is 23.7 Å². The SMILES string of the molecule is O=C(COC1CCNCC1)NC1CCCc2occc21. The zero-order chi connectivity index (χ0) is 13.8. The maximum Gasteiger partial charge on any atom is 0.246 e. The van der Waals surface area contributed by atoms with E-state index in [4.69, 9.17) is 9.15 Å². The van der Waals surface area contributed by atoms with Gasteiger partial charge in [-0.3, -0.25) is 4.79 Å². The van der Waals surface area contributed by atoms with Crippen molar-refractivity contribution in [2.75, 3.05) is 19.7 Å². The number of furan rings is 1. The molecule has 1 fully saturated rings. The molecule has 0 spiro atoms. The van der Waals surface area contributed by atoms with Gasteiger partial charge in [-0.1, -0.05) is 0 Å². The van der Waals surface area contributed by atoms with Crippen LogP contribution in [0.5, 0.6) is 0 Å². The van der Waals surface area contributed by atoms with Gasteiger partial charge < -0.3 is 19.8 Å². The lowest BCUT2D eigenvalue weighted by atomic mass is 9.93. The fourth-order valence-electron chi connectivity index (χ4n) is 3.03. The predicted molar refractivity (Wildman–Crippen MR) is 74.4 cm³/mol. The molecule has 3 rings (SSSR count). The molecular weight excluding hydrogens is 256 g/mol. The molecule has 0 saturated carbocycles. The molecule has 0 bridgehead atoms. The molecule has 1 aliphatic heterocycles. The zero-order valence-electron chi connectivity index (χ0n) is 11.7. The number of ether oxygens (including phenoxy) is 1. The Labute approximate surface area is 119 Å². The van der Waals surface area contributed by atoms with Gasteiger partial charge in [0, 0.05) is 12.0 Å². The summed E-state index contributed by atoms with van der Waals surface area (Å²) in [6.45, 7) is 2.12. The second kappa shape index (κ2) is 6.41. The first-order valence-electron chi connectivity index (χ1n) is 7.51. The molecule has 0 radical (unpaired) electrons. The molecule has 5 heteroatoms. The number of aryl methyl sites for hydroxylation is 1. The van der Waals surface area contributed by atoms with Crippen LogP contribution in [-0.4, -0.2) is 31.7 Å². The lowest BCUT2D eigenvalue weighted by Gasteiger charge is -2.25. The molecule has 1 aromatic heterocycles. The average Bonchev–Trinajstić information content (AvgIpc) is 2.96. The van der Waals surface area contributed by atoms with Crippen LogP contribution in [0, 0.1) is 0 Å². The molecule has 110 valence electrons. The Morgan fingerprint density at radius 3 is 3.10 bits per heavy atom. The van der Waals surface area contributed by atoms with Crippen molar-refractivity contribution in [1.82, 2.24) is 10.6 Å². The Morgan fingerprint density at radius 1 is 1.40 bits per heavy atom. The maximum absolute atomic E-state index is 12.0. The second-order valence-corrected chi connectivity index (χ2v) is 5.57. The van der Waals surface area contributed by atoms with Crippen LogP contribution in [0.3, 0.4) is 0 Å². The van der Waals surface area contributed by atoms with E-state index >= 15 is 0 Å². The quantitative estimate of drug-likeness (QED) is 0.877. The summed E-state index contributed by atoms with van der Waals surface area (Å²) in [7, 11) is 0. The van der Waals surface area contributed by atoms with Crippen LogP contribution in [0.1, 0.15) is 43.0 Å². The van der Waals surface area contributed by atoms with Crippen molar-refractivity contribution in [2.24, 2.45) is 0 Å². The first kappa shape index (κ1) is 13.6. The number of amides is 1. The summed E-state index contributed by atoms with van der Waals surface area (Å²) in [6.07, 6.45) is 6.91. The third-order valence-electron chi connectivity index (χ3n) is 4.12. The van der Waals surface area contributed by atoms with E-state index in [-0.39, 0.29) is 24.7 Å². The van der Waals surface area contributed by atoms with E-state index in [0.717, 1.165) is 56.5 Å². The minimum atomic E-state index is -0.0254. The van der Waals surface area contributed by atoms with Crippen molar-refractivity contribution < 1.29 is 13.9 Å². The molecule has 2 heterocycles. The number of hydrogen-bond acceptors (Lipinski definition) is 4. The van der Waals surface area contributed by atoms with Crippen LogP contribution >= 0.6 is 0 Å². The number of hydrogen-bond donors (Lipinski definition) is 2. The third kappa shape index (κ3) is 3.22. The zero-order valence-corrected chi connectivity index (χ0v) is 11.7. The van der Waals surface area contributed by atoms with E-state index in [1.165, 1.54) is 0 Å². The van der Waals surface area contributed by atoms with Gasteiger partial charge in [0.1, 0.15) is 12.4 Å². The lowest BCUT2D eigenvalue weighted by Crippen LogP contribution is -2.37. The van der Waals surface area contributed by atoms with E-state index in [0.29, 0.717) is 0 Å². The summed E-state index contributed by atoms with van der Waals surface area (Å²) in [4.78, 5) is 12.0. The number of piperidine rings is 1. The number of fused-ring (bicyclic) bond motifs is 1. The third-order valence-corrected chi connectivity index (χ3v) is 4.12. The first-order valence-corrected chi connectivity index (χ1v) is 7.51. The predicted octanol–water partition coefficient (Wildman–Crippen LogP) is 1.54. The second-order valence-electron chi connectivity index (χ2n) is 5.57. The molecule has 1 saturated heterocycles. The molecule has 2 aliphatic rings. The minimum absolute atomic E-state index is 0.0254. The molecule has 1 unspecified atom stereocenters. The van der Waals surface area contributed by atoms with Crippen molar-refractivity contribution in [2.45, 2.75) is 44.2 Å². The molecule has 20 heavy (non-hydrogen) atoms. The van der Waals surface area contributed by atoms with Gasteiger partial charge in [0.25, 0.3) is 0 Å². The molecule has 1 aromatic rings. The summed E-state index contributed by atoms with van der Waals surface area (Å²) in [5, 5.41) is 6.35. The summed E-state index contributed by atoms with van der Waals surface area (Å²) < 4.78 is 11.1. The van der Waals surface area contributed by atoms with E-state index in [2.05, 4.69) is 10.6 Å². The van der Waals surface area contributed by atoms with Gasteiger partial charge in [-0.2, -0.15) is 0 Å². The highest BCUT2D eigenvalue weighted by molar-refractivity contribution is 5.77. The molecule has 0 aromatic carbocycles. The molecule has 1 atom stereocenters. The summed E-state index contributed by atoms with van der Waals surface area (Å²) in [5.74, 6) is 0.989. The van der Waals surface area contributed by atoms with E-state index in [1.54, 1.807) is 6.26 Å². The van der Waals surface area contributed by atoms with Crippen molar-refractivity contribution in [3.63, 3.8) is 0 Å². The van der Waals surface area contributed by atoms with Gasteiger partial charge in [0.15, 0.2) is 0 Å². The number of nitrogens with one attached hydrogen (secondary N) is 2. The summed E-state index contributed by atoms with van der Waals surface area (Å²) >= 11 is 0. The van der Waals surface area contributed by atoms with E-state index in [1.807, 2.05) is 6.07 Å². The Morgan fingerprint density at radius 2 is 2.25 bits per heavy atom. The number of carbonyl (C=O) groups excluding carboxylic acids is 1. The van der Waals surface area contributed by atoms with E-state index in [9.17, 15) is 4.79 Å². The first-order chi connectivity index (χ1) is 9.83. The fraction of sp³-hybridized carbons (Fsp3) is 0.667. The van der Waals surface area contributed by atoms with Crippen LogP contribution in [0.25, 0.3) is 0 Å². The number of carbonyl (C=O) groups is 1. The Kier molecular flexibility index (Phi) is 4.38. The molecule has 2 N–H and O–H groups in total. The number of rotatable bonds is 4. The van der Waals surface area contributed by atoms with Crippen molar-refractivity contribution >= 4 is 5.91 Å². The average molecular weight is 278 g/mol. The highest BCUT2D eigenvalue weighted by atomic mass is 16.5. The molecular formula is C15H22N2O3. The van der Waals surface area contributed by atoms with Crippen LogP contribution in [0.2, 0.25) is 0 Å². The minimum Gasteiger partial charge on any atom is -0.469 e. The smallest absolute Gasteiger partial charge is 0.246 e. The highest BCUT2D eigenvalue weighted by Gasteiger charge is 2.24. The van der Waals surface area contributed by atoms with Gasteiger partial charge >= 0.3 is 0 Å². The summed E-state index contributed by atoms with van der Waals surface area (Å²) in [5.41, 5.74) is 1.13. The van der Waals surface area contributed by atoms with Gasteiger partial charge in [-0.05, 0) is 44.8 Å². The maximum atomic E-state index is 12.0. The van der Waals surface area contributed by atoms with Gasteiger partial charge in [-0.15, -0.1) is 0 Å². The van der Waals surface area contributed by atoms with Crippen LogP contribution in [0.15, 0.2) is 16.7 Å². The van der Waals surface area contributed by atoms with Crippen LogP contribution in [-0.2, 0) is 16.0 Å². The highest BCUT2D eigenvalue weighted by Crippen LogP contribution is 2.30. The molecule has 5 nitrogen and oxygen atoms in total. The Balaban J connectivity index is 1.47. The molecule has 1 amide bonds. The summed E-state index contributed by atoms with van der Waals surface area (Å²) in [6, 6.07) is 2.05. The topological polar surface area (TPSA) is 63.5 Å². The monoisotopic (exact) mass is 278 g/mol. The van der Waals surface area contributed by atoms with Crippen LogP contribution in [0.4, 0.5) is 0 Å².